The predicted octanol–water partition coefficient (Wildman–Crippen LogP) is 2.84. The van der Waals surface area contributed by atoms with E-state index in [4.69, 9.17) is 4.74 Å². The molecule has 1 aromatic carbocycles. The number of nitrogens with zero attached hydrogens (tertiary/aromatic N) is 2. The van der Waals surface area contributed by atoms with Crippen LogP contribution in [-0.4, -0.2) is 16.1 Å². The van der Waals surface area contributed by atoms with Crippen LogP contribution in [0.4, 0.5) is 5.13 Å². The molecular weight excluding hydrogens is 318 g/mol. The first-order valence-electron chi connectivity index (χ1n) is 5.12. The van der Waals surface area contributed by atoms with Crippen LogP contribution >= 0.6 is 27.3 Å². The highest BCUT2D eigenvalue weighted by Crippen LogP contribution is 2.19. The van der Waals surface area contributed by atoms with Gasteiger partial charge in [0.25, 0.3) is 0 Å². The second-order valence-electron chi connectivity index (χ2n) is 3.42. The molecule has 0 unspecified atom stereocenters. The highest BCUT2D eigenvalue weighted by atomic mass is 79.9. The Morgan fingerprint density at radius 1 is 1.39 bits per heavy atom. The van der Waals surface area contributed by atoms with E-state index in [2.05, 4.69) is 31.4 Å². The third kappa shape index (κ3) is 3.78. The summed E-state index contributed by atoms with van der Waals surface area (Å²) < 4.78 is 6.54. The van der Waals surface area contributed by atoms with E-state index in [0.717, 1.165) is 10.2 Å². The number of hydrogen-bond acceptors (Lipinski definition) is 5. The van der Waals surface area contributed by atoms with Gasteiger partial charge in [0, 0.05) is 11.4 Å². The number of rotatable bonds is 4. The van der Waals surface area contributed by atoms with E-state index >= 15 is 0 Å². The lowest BCUT2D eigenvalue weighted by atomic mass is 10.3. The summed E-state index contributed by atoms with van der Waals surface area (Å²) in [6, 6.07) is 7.52. The largest absolute Gasteiger partial charge is 0.486 e. The summed E-state index contributed by atoms with van der Waals surface area (Å²) in [5.41, 5.74) is 0. The van der Waals surface area contributed by atoms with Crippen molar-refractivity contribution in [2.75, 3.05) is 5.32 Å². The molecule has 1 amide bonds. The van der Waals surface area contributed by atoms with E-state index in [1.807, 2.05) is 24.3 Å². The van der Waals surface area contributed by atoms with Crippen LogP contribution in [0.25, 0.3) is 0 Å². The Bertz CT molecular complexity index is 541. The van der Waals surface area contributed by atoms with Crippen LogP contribution in [0, 0.1) is 0 Å². The van der Waals surface area contributed by atoms with Crippen LogP contribution in [0.1, 0.15) is 11.9 Å². The fourth-order valence-electron chi connectivity index (χ4n) is 1.19. The Balaban J connectivity index is 1.92. The van der Waals surface area contributed by atoms with Gasteiger partial charge in [-0.1, -0.05) is 27.3 Å². The summed E-state index contributed by atoms with van der Waals surface area (Å²) in [6.45, 7) is 1.76. The lowest BCUT2D eigenvalue weighted by Gasteiger charge is -2.02. The maximum atomic E-state index is 10.8. The van der Waals surface area contributed by atoms with Crippen LogP contribution < -0.4 is 10.1 Å². The predicted molar refractivity (Wildman–Crippen MR) is 72.7 cm³/mol. The van der Waals surface area contributed by atoms with Gasteiger partial charge in [-0.05, 0) is 24.3 Å². The molecule has 2 aromatic rings. The number of ether oxygens (including phenoxy) is 1. The number of carbonyl (C=O) groups is 1. The standard InChI is InChI=1S/C11H10BrN3O2S/c1-7(16)13-11-15-14-10(18-11)6-17-9-4-2-8(12)3-5-9/h2-5H,6H2,1H3,(H,13,15,16). The Morgan fingerprint density at radius 2 is 2.11 bits per heavy atom. The van der Waals surface area contributed by atoms with Crippen molar-refractivity contribution >= 4 is 38.3 Å². The van der Waals surface area contributed by atoms with Gasteiger partial charge >= 0.3 is 0 Å². The highest BCUT2D eigenvalue weighted by molar-refractivity contribution is 9.10. The molecule has 0 saturated heterocycles. The topological polar surface area (TPSA) is 64.1 Å². The molecule has 0 fully saturated rings. The third-order valence-corrected chi connectivity index (χ3v) is 3.27. The van der Waals surface area contributed by atoms with E-state index in [1.165, 1.54) is 18.3 Å². The van der Waals surface area contributed by atoms with Gasteiger partial charge in [0.05, 0.1) is 0 Å². The molecule has 0 atom stereocenters. The smallest absolute Gasteiger partial charge is 0.223 e. The molecule has 1 aromatic heterocycles. The number of halogens is 1. The molecule has 0 aliphatic heterocycles. The number of anilines is 1. The van der Waals surface area contributed by atoms with E-state index in [-0.39, 0.29) is 5.91 Å². The maximum absolute atomic E-state index is 10.8. The van der Waals surface area contributed by atoms with Crippen LogP contribution in [0.15, 0.2) is 28.7 Å². The van der Waals surface area contributed by atoms with Crippen LogP contribution in [0.3, 0.4) is 0 Å². The van der Waals surface area contributed by atoms with E-state index in [0.29, 0.717) is 16.7 Å². The van der Waals surface area contributed by atoms with Gasteiger partial charge in [-0.15, -0.1) is 10.2 Å². The van der Waals surface area contributed by atoms with Crippen LogP contribution in [0.2, 0.25) is 0 Å². The average molecular weight is 328 g/mol. The number of carbonyl (C=O) groups excluding carboxylic acids is 1. The summed E-state index contributed by atoms with van der Waals surface area (Å²) in [5.74, 6) is 0.598. The Morgan fingerprint density at radius 3 is 2.78 bits per heavy atom. The monoisotopic (exact) mass is 327 g/mol. The molecular formula is C11H10BrN3O2S. The molecule has 5 nitrogen and oxygen atoms in total. The molecule has 0 saturated carbocycles. The van der Waals surface area contributed by atoms with Gasteiger partial charge in [0.1, 0.15) is 12.4 Å². The van der Waals surface area contributed by atoms with Crippen LogP contribution in [-0.2, 0) is 11.4 Å². The molecule has 0 bridgehead atoms. The molecule has 1 heterocycles. The molecule has 0 spiro atoms. The summed E-state index contributed by atoms with van der Waals surface area (Å²) in [5, 5.41) is 11.5. The normalized spacial score (nSPS) is 10.1. The first kappa shape index (κ1) is 13.0. The van der Waals surface area contributed by atoms with Crippen molar-refractivity contribution < 1.29 is 9.53 Å². The van der Waals surface area contributed by atoms with Crippen molar-refractivity contribution in [1.82, 2.24) is 10.2 Å². The van der Waals surface area contributed by atoms with E-state index in [1.54, 1.807) is 0 Å². The molecule has 7 heteroatoms. The quantitative estimate of drug-likeness (QED) is 0.937. The van der Waals surface area contributed by atoms with Crippen molar-refractivity contribution in [2.45, 2.75) is 13.5 Å². The molecule has 94 valence electrons. The maximum Gasteiger partial charge on any atom is 0.223 e. The summed E-state index contributed by atoms with van der Waals surface area (Å²) in [7, 11) is 0. The molecule has 0 aliphatic rings. The zero-order valence-electron chi connectivity index (χ0n) is 9.51. The number of benzene rings is 1. The fraction of sp³-hybridized carbons (Fsp3) is 0.182. The first-order valence-corrected chi connectivity index (χ1v) is 6.73. The van der Waals surface area contributed by atoms with Gasteiger partial charge in [-0.3, -0.25) is 4.79 Å². The lowest BCUT2D eigenvalue weighted by Crippen LogP contribution is -2.04. The molecule has 1 N–H and O–H groups in total. The van der Waals surface area contributed by atoms with Crippen molar-refractivity contribution in [2.24, 2.45) is 0 Å². The number of amides is 1. The SMILES string of the molecule is CC(=O)Nc1nnc(COc2ccc(Br)cc2)s1. The van der Waals surface area contributed by atoms with Crippen LogP contribution in [0.5, 0.6) is 5.75 Å². The zero-order valence-corrected chi connectivity index (χ0v) is 11.9. The van der Waals surface area contributed by atoms with Crippen molar-refractivity contribution in [3.8, 4) is 5.75 Å². The third-order valence-electron chi connectivity index (χ3n) is 1.93. The average Bonchev–Trinajstić information content (AvgIpc) is 2.75. The molecule has 0 radical (unpaired) electrons. The van der Waals surface area contributed by atoms with E-state index in [9.17, 15) is 4.79 Å². The van der Waals surface area contributed by atoms with Gasteiger partial charge in [0.2, 0.25) is 11.0 Å². The molecule has 0 aliphatic carbocycles. The minimum Gasteiger partial charge on any atom is -0.486 e. The van der Waals surface area contributed by atoms with E-state index < -0.39 is 0 Å². The highest BCUT2D eigenvalue weighted by Gasteiger charge is 2.05. The Labute approximate surface area is 116 Å². The van der Waals surface area contributed by atoms with Crippen molar-refractivity contribution in [3.05, 3.63) is 33.7 Å². The summed E-state index contributed by atoms with van der Waals surface area (Å²) in [4.78, 5) is 10.8. The Hall–Kier alpha value is -1.47. The first-order chi connectivity index (χ1) is 8.63. The second kappa shape index (κ2) is 5.92. The number of aromatic nitrogens is 2. The fourth-order valence-corrected chi connectivity index (χ4v) is 2.15. The molecule has 18 heavy (non-hydrogen) atoms. The second-order valence-corrected chi connectivity index (χ2v) is 5.40. The number of nitrogens with one attached hydrogen (secondary N) is 1. The van der Waals surface area contributed by atoms with Gasteiger partial charge in [-0.25, -0.2) is 0 Å². The summed E-state index contributed by atoms with van der Waals surface area (Å²) in [6.07, 6.45) is 0. The number of hydrogen-bond donors (Lipinski definition) is 1. The molecule has 2 rings (SSSR count). The van der Waals surface area contributed by atoms with Crippen molar-refractivity contribution in [3.63, 3.8) is 0 Å². The summed E-state index contributed by atoms with van der Waals surface area (Å²) >= 11 is 4.65. The zero-order chi connectivity index (χ0) is 13.0. The Kier molecular flexibility index (Phi) is 4.27. The van der Waals surface area contributed by atoms with Crippen molar-refractivity contribution in [1.29, 1.82) is 0 Å². The van der Waals surface area contributed by atoms with Gasteiger partial charge in [0.15, 0.2) is 5.01 Å². The lowest BCUT2D eigenvalue weighted by molar-refractivity contribution is -0.114. The van der Waals surface area contributed by atoms with Gasteiger partial charge < -0.3 is 10.1 Å². The minimum atomic E-state index is -0.161. The van der Waals surface area contributed by atoms with Gasteiger partial charge in [-0.2, -0.15) is 0 Å². The minimum absolute atomic E-state index is 0.161.